The standard InChI is InChI=1S/C12H13F2N3S/c1-7-11(18-6-16-7)5-17(2)10-4-8(13)3-9(14)12(10)15/h3-4,6H,5,15H2,1-2H3. The van der Waals surface area contributed by atoms with Crippen LogP contribution < -0.4 is 10.6 Å². The molecule has 0 spiro atoms. The summed E-state index contributed by atoms with van der Waals surface area (Å²) in [5, 5.41) is 0. The number of aromatic nitrogens is 1. The van der Waals surface area contributed by atoms with Crippen LogP contribution in [0.25, 0.3) is 0 Å². The van der Waals surface area contributed by atoms with E-state index in [4.69, 9.17) is 5.73 Å². The minimum Gasteiger partial charge on any atom is -0.395 e. The van der Waals surface area contributed by atoms with Crippen LogP contribution in [-0.2, 0) is 6.54 Å². The normalized spacial score (nSPS) is 10.7. The maximum Gasteiger partial charge on any atom is 0.151 e. The Morgan fingerprint density at radius 1 is 1.39 bits per heavy atom. The number of nitrogens with zero attached hydrogens (tertiary/aromatic N) is 2. The SMILES string of the molecule is Cc1ncsc1CN(C)c1cc(F)cc(F)c1N. The summed E-state index contributed by atoms with van der Waals surface area (Å²) in [6.45, 7) is 2.42. The van der Waals surface area contributed by atoms with Gasteiger partial charge in [-0.15, -0.1) is 11.3 Å². The first-order valence-corrected chi connectivity index (χ1v) is 6.21. The topological polar surface area (TPSA) is 42.2 Å². The number of nitrogens with two attached hydrogens (primary N) is 1. The van der Waals surface area contributed by atoms with Gasteiger partial charge in [-0.1, -0.05) is 0 Å². The van der Waals surface area contributed by atoms with Crippen LogP contribution in [0.5, 0.6) is 0 Å². The van der Waals surface area contributed by atoms with Gasteiger partial charge in [-0.3, -0.25) is 0 Å². The molecule has 18 heavy (non-hydrogen) atoms. The summed E-state index contributed by atoms with van der Waals surface area (Å²) in [4.78, 5) is 6.89. The molecule has 0 aliphatic carbocycles. The summed E-state index contributed by atoms with van der Waals surface area (Å²) in [6.07, 6.45) is 0. The second-order valence-electron chi connectivity index (χ2n) is 4.04. The zero-order valence-electron chi connectivity index (χ0n) is 10.1. The van der Waals surface area contributed by atoms with Gasteiger partial charge in [-0.2, -0.15) is 0 Å². The first-order valence-electron chi connectivity index (χ1n) is 5.33. The molecule has 0 saturated carbocycles. The molecule has 2 rings (SSSR count). The Labute approximate surface area is 108 Å². The minimum atomic E-state index is -0.738. The molecule has 96 valence electrons. The largest absolute Gasteiger partial charge is 0.395 e. The van der Waals surface area contributed by atoms with E-state index in [9.17, 15) is 8.78 Å². The maximum absolute atomic E-state index is 13.4. The van der Waals surface area contributed by atoms with Crippen molar-refractivity contribution < 1.29 is 8.78 Å². The van der Waals surface area contributed by atoms with Gasteiger partial charge in [0.2, 0.25) is 0 Å². The van der Waals surface area contributed by atoms with Crippen LogP contribution in [0.3, 0.4) is 0 Å². The number of hydrogen-bond donors (Lipinski definition) is 1. The molecule has 0 radical (unpaired) electrons. The number of nitrogen functional groups attached to an aromatic ring is 1. The number of rotatable bonds is 3. The van der Waals surface area contributed by atoms with Gasteiger partial charge >= 0.3 is 0 Å². The first kappa shape index (κ1) is 12.8. The van der Waals surface area contributed by atoms with Crippen LogP contribution >= 0.6 is 11.3 Å². The first-order chi connectivity index (χ1) is 8.49. The van der Waals surface area contributed by atoms with Gasteiger partial charge in [0.05, 0.1) is 29.1 Å². The molecule has 2 aromatic rings. The van der Waals surface area contributed by atoms with Crippen molar-refractivity contribution in [1.82, 2.24) is 4.98 Å². The molecular formula is C12H13F2N3S. The fourth-order valence-electron chi connectivity index (χ4n) is 1.67. The summed E-state index contributed by atoms with van der Waals surface area (Å²) in [5.41, 5.74) is 8.59. The van der Waals surface area contributed by atoms with E-state index >= 15 is 0 Å². The fraction of sp³-hybridized carbons (Fsp3) is 0.250. The Morgan fingerprint density at radius 2 is 2.11 bits per heavy atom. The third-order valence-electron chi connectivity index (χ3n) is 2.71. The van der Waals surface area contributed by atoms with E-state index in [2.05, 4.69) is 4.98 Å². The molecule has 0 unspecified atom stereocenters. The Balaban J connectivity index is 2.29. The molecule has 0 aliphatic rings. The van der Waals surface area contributed by atoms with Crippen LogP contribution in [0.4, 0.5) is 20.2 Å². The lowest BCUT2D eigenvalue weighted by atomic mass is 10.2. The monoisotopic (exact) mass is 269 g/mol. The number of thiazole rings is 1. The van der Waals surface area contributed by atoms with Crippen molar-refractivity contribution in [3.8, 4) is 0 Å². The van der Waals surface area contributed by atoms with Gasteiger partial charge in [-0.05, 0) is 13.0 Å². The summed E-state index contributed by atoms with van der Waals surface area (Å²) in [7, 11) is 1.74. The van der Waals surface area contributed by atoms with Crippen molar-refractivity contribution in [2.75, 3.05) is 17.7 Å². The Hall–Kier alpha value is -1.69. The predicted octanol–water partition coefficient (Wildman–Crippen LogP) is 2.95. The Kier molecular flexibility index (Phi) is 3.47. The average Bonchev–Trinajstić information content (AvgIpc) is 2.69. The zero-order chi connectivity index (χ0) is 13.3. The van der Waals surface area contributed by atoms with Crippen LogP contribution in [-0.4, -0.2) is 12.0 Å². The van der Waals surface area contributed by atoms with Gasteiger partial charge in [0.1, 0.15) is 5.82 Å². The fourth-order valence-corrected chi connectivity index (χ4v) is 2.50. The van der Waals surface area contributed by atoms with Gasteiger partial charge in [0, 0.05) is 18.0 Å². The second-order valence-corrected chi connectivity index (χ2v) is 4.98. The highest BCUT2D eigenvalue weighted by Crippen LogP contribution is 2.28. The highest BCUT2D eigenvalue weighted by Gasteiger charge is 2.13. The van der Waals surface area contributed by atoms with Crippen molar-refractivity contribution in [3.63, 3.8) is 0 Å². The van der Waals surface area contributed by atoms with E-state index < -0.39 is 11.6 Å². The molecule has 0 amide bonds. The van der Waals surface area contributed by atoms with Gasteiger partial charge in [0.15, 0.2) is 5.82 Å². The van der Waals surface area contributed by atoms with Crippen LogP contribution in [0, 0.1) is 18.6 Å². The lowest BCUT2D eigenvalue weighted by Gasteiger charge is -2.21. The van der Waals surface area contributed by atoms with E-state index in [1.165, 1.54) is 17.4 Å². The molecule has 3 nitrogen and oxygen atoms in total. The van der Waals surface area contributed by atoms with Crippen molar-refractivity contribution in [2.45, 2.75) is 13.5 Å². The van der Waals surface area contributed by atoms with Gasteiger partial charge < -0.3 is 10.6 Å². The molecule has 0 fully saturated rings. The summed E-state index contributed by atoms with van der Waals surface area (Å²) < 4.78 is 26.6. The van der Waals surface area contributed by atoms with Crippen LogP contribution in [0.2, 0.25) is 0 Å². The molecule has 1 heterocycles. The molecule has 6 heteroatoms. The molecule has 1 aromatic heterocycles. The quantitative estimate of drug-likeness (QED) is 0.871. The smallest absolute Gasteiger partial charge is 0.151 e. The van der Waals surface area contributed by atoms with Crippen molar-refractivity contribution in [2.24, 2.45) is 0 Å². The molecular weight excluding hydrogens is 256 g/mol. The minimum absolute atomic E-state index is 0.0407. The lowest BCUT2D eigenvalue weighted by Crippen LogP contribution is -2.18. The zero-order valence-corrected chi connectivity index (χ0v) is 10.9. The van der Waals surface area contributed by atoms with Crippen LogP contribution in [0.15, 0.2) is 17.6 Å². The lowest BCUT2D eigenvalue weighted by molar-refractivity contribution is 0.585. The van der Waals surface area contributed by atoms with E-state index in [1.54, 1.807) is 17.5 Å². The maximum atomic E-state index is 13.4. The highest BCUT2D eigenvalue weighted by atomic mass is 32.1. The summed E-state index contributed by atoms with van der Waals surface area (Å²) in [5.74, 6) is -1.37. The third-order valence-corrected chi connectivity index (χ3v) is 3.63. The molecule has 0 atom stereocenters. The van der Waals surface area contributed by atoms with Gasteiger partial charge in [-0.25, -0.2) is 13.8 Å². The van der Waals surface area contributed by atoms with E-state index in [1.807, 2.05) is 6.92 Å². The van der Waals surface area contributed by atoms with Gasteiger partial charge in [0.25, 0.3) is 0 Å². The van der Waals surface area contributed by atoms with Crippen LogP contribution in [0.1, 0.15) is 10.6 Å². The van der Waals surface area contributed by atoms with E-state index in [0.29, 0.717) is 12.2 Å². The third kappa shape index (κ3) is 2.43. The number of benzene rings is 1. The molecule has 0 bridgehead atoms. The van der Waals surface area contributed by atoms with Crippen molar-refractivity contribution in [1.29, 1.82) is 0 Å². The molecule has 0 saturated heterocycles. The Morgan fingerprint density at radius 3 is 2.72 bits per heavy atom. The molecule has 0 aliphatic heterocycles. The molecule has 1 aromatic carbocycles. The summed E-state index contributed by atoms with van der Waals surface area (Å²) in [6, 6.07) is 2.01. The second kappa shape index (κ2) is 4.89. The van der Waals surface area contributed by atoms with Crippen molar-refractivity contribution in [3.05, 3.63) is 39.8 Å². The summed E-state index contributed by atoms with van der Waals surface area (Å²) >= 11 is 1.51. The number of anilines is 2. The Bertz CT molecular complexity index is 568. The predicted molar refractivity (Wildman–Crippen MR) is 69.7 cm³/mol. The van der Waals surface area contributed by atoms with Crippen molar-refractivity contribution >= 4 is 22.7 Å². The number of hydrogen-bond acceptors (Lipinski definition) is 4. The number of aryl methyl sites for hydroxylation is 1. The average molecular weight is 269 g/mol. The number of halogens is 2. The molecule has 2 N–H and O–H groups in total. The van der Waals surface area contributed by atoms with E-state index in [0.717, 1.165) is 16.6 Å². The highest BCUT2D eigenvalue weighted by molar-refractivity contribution is 7.09. The van der Waals surface area contributed by atoms with E-state index in [-0.39, 0.29) is 5.69 Å².